The third-order valence-corrected chi connectivity index (χ3v) is 10.4. The van der Waals surface area contributed by atoms with Gasteiger partial charge in [0, 0.05) is 5.92 Å². The van der Waals surface area contributed by atoms with E-state index in [4.69, 9.17) is 4.74 Å². The van der Waals surface area contributed by atoms with E-state index in [1.807, 2.05) is 12.1 Å². The van der Waals surface area contributed by atoms with E-state index in [1.54, 1.807) is 0 Å². The first-order chi connectivity index (χ1) is 21.0. The minimum absolute atomic E-state index is 0.294. The quantitative estimate of drug-likeness (QED) is 0.324. The van der Waals surface area contributed by atoms with Crippen LogP contribution in [0.25, 0.3) is 5.57 Å². The van der Waals surface area contributed by atoms with Gasteiger partial charge in [0.05, 0.1) is 5.41 Å². The van der Waals surface area contributed by atoms with Crippen LogP contribution in [0.3, 0.4) is 0 Å². The topological polar surface area (TPSA) is 29.5 Å². The summed E-state index contributed by atoms with van der Waals surface area (Å²) in [6, 6.07) is 25.5. The molecule has 3 aromatic rings. The smallest absolute Gasteiger partial charge is 0.127 e. The molecule has 0 radical (unpaired) electrons. The lowest BCUT2D eigenvalue weighted by Gasteiger charge is -2.36. The second-order valence-corrected chi connectivity index (χ2v) is 13.2. The maximum atomic E-state index is 10.2. The van der Waals surface area contributed by atoms with E-state index in [2.05, 4.69) is 123 Å². The maximum Gasteiger partial charge on any atom is 0.127 e. The molecule has 1 saturated carbocycles. The van der Waals surface area contributed by atoms with Gasteiger partial charge in [-0.15, -0.1) is 0 Å². The van der Waals surface area contributed by atoms with Crippen molar-refractivity contribution in [2.45, 2.75) is 38.5 Å². The number of phenolic OH excluding ortho intramolecular Hbond substituents is 1. The molecule has 8 rings (SSSR count). The molecule has 0 spiro atoms. The summed E-state index contributed by atoms with van der Waals surface area (Å²) in [5.41, 5.74) is 9.00. The van der Waals surface area contributed by atoms with E-state index in [-0.39, 0.29) is 0 Å². The van der Waals surface area contributed by atoms with E-state index >= 15 is 0 Å². The summed E-state index contributed by atoms with van der Waals surface area (Å²) < 4.78 is 6.40. The van der Waals surface area contributed by atoms with E-state index in [1.165, 1.54) is 45.4 Å². The summed E-state index contributed by atoms with van der Waals surface area (Å²) in [5.74, 6) is 4.99. The van der Waals surface area contributed by atoms with Gasteiger partial charge in [-0.25, -0.2) is 0 Å². The van der Waals surface area contributed by atoms with E-state index in [9.17, 15) is 5.11 Å². The van der Waals surface area contributed by atoms with E-state index < -0.39 is 5.41 Å². The van der Waals surface area contributed by atoms with Gasteiger partial charge in [0.25, 0.3) is 0 Å². The van der Waals surface area contributed by atoms with Crippen molar-refractivity contribution in [2.75, 3.05) is 0 Å². The minimum Gasteiger partial charge on any atom is -0.508 e. The van der Waals surface area contributed by atoms with Gasteiger partial charge >= 0.3 is 0 Å². The van der Waals surface area contributed by atoms with Crippen LogP contribution >= 0.6 is 0 Å². The van der Waals surface area contributed by atoms with Crippen molar-refractivity contribution in [3.05, 3.63) is 161 Å². The molecular formula is C41H38O2. The lowest BCUT2D eigenvalue weighted by molar-refractivity contribution is 0.435. The third-order valence-electron chi connectivity index (χ3n) is 10.4. The molecule has 0 aromatic heterocycles. The van der Waals surface area contributed by atoms with Crippen molar-refractivity contribution in [3.63, 3.8) is 0 Å². The summed E-state index contributed by atoms with van der Waals surface area (Å²) in [7, 11) is 0. The number of rotatable bonds is 6. The minimum atomic E-state index is -0.393. The van der Waals surface area contributed by atoms with Gasteiger partial charge in [0.1, 0.15) is 17.3 Å². The summed E-state index contributed by atoms with van der Waals surface area (Å²) >= 11 is 0. The van der Waals surface area contributed by atoms with Gasteiger partial charge in [-0.1, -0.05) is 98.8 Å². The Kier molecular flexibility index (Phi) is 6.22. The highest BCUT2D eigenvalue weighted by Crippen LogP contribution is 2.65. The Bertz CT molecular complexity index is 1760. The van der Waals surface area contributed by atoms with E-state index in [0.717, 1.165) is 24.4 Å². The molecule has 5 aliphatic rings. The number of phenols is 1. The molecule has 5 aliphatic carbocycles. The first-order valence-corrected chi connectivity index (χ1v) is 15.9. The largest absolute Gasteiger partial charge is 0.508 e. The summed E-state index contributed by atoms with van der Waals surface area (Å²) in [6.45, 7) is 4.61. The molecule has 1 fully saturated rings. The lowest BCUT2D eigenvalue weighted by Crippen LogP contribution is -2.31. The maximum absolute atomic E-state index is 10.2. The molecule has 1 N–H and O–H groups in total. The zero-order valence-electron chi connectivity index (χ0n) is 24.9. The van der Waals surface area contributed by atoms with Crippen LogP contribution in [0.15, 0.2) is 138 Å². The van der Waals surface area contributed by atoms with Gasteiger partial charge < -0.3 is 9.84 Å². The number of hydrogen-bond acceptors (Lipinski definition) is 2. The number of allylic oxidation sites excluding steroid dienone is 11. The SMILES string of the molecule is CC(C)C1C=CC(C2C=CC(Oc3ccc(C4(c5ccc(O)cc5)C5=C(C=CC6CC56)c5ccccc54)cc3)=CC2)=CC1. The summed E-state index contributed by atoms with van der Waals surface area (Å²) in [5, 5.41) is 10.2. The predicted octanol–water partition coefficient (Wildman–Crippen LogP) is 9.70. The number of aromatic hydroxyl groups is 1. The van der Waals surface area contributed by atoms with Crippen molar-refractivity contribution in [3.8, 4) is 11.5 Å². The Balaban J connectivity index is 1.10. The highest BCUT2D eigenvalue weighted by Gasteiger charge is 2.56. The molecule has 43 heavy (non-hydrogen) atoms. The molecule has 3 aromatic carbocycles. The van der Waals surface area contributed by atoms with Crippen LogP contribution < -0.4 is 4.74 Å². The Hall–Kier alpha value is -4.30. The molecule has 2 nitrogen and oxygen atoms in total. The number of ether oxygens (including phenoxy) is 1. The van der Waals surface area contributed by atoms with Gasteiger partial charge in [0.2, 0.25) is 0 Å². The van der Waals surface area contributed by atoms with Crippen LogP contribution in [0.1, 0.15) is 55.4 Å². The number of hydrogen-bond donors (Lipinski definition) is 1. The first kappa shape index (κ1) is 26.3. The van der Waals surface area contributed by atoms with Gasteiger partial charge in [0.15, 0.2) is 0 Å². The summed E-state index contributed by atoms with van der Waals surface area (Å²) in [4.78, 5) is 0. The number of fused-ring (bicyclic) bond motifs is 4. The zero-order chi connectivity index (χ0) is 29.1. The van der Waals surface area contributed by atoms with Crippen LogP contribution in [0.2, 0.25) is 0 Å². The number of benzene rings is 3. The Labute approximate surface area is 255 Å². The molecule has 0 bridgehead atoms. The monoisotopic (exact) mass is 562 g/mol. The van der Waals surface area contributed by atoms with Crippen LogP contribution in [0, 0.1) is 29.6 Å². The van der Waals surface area contributed by atoms with Gasteiger partial charge in [-0.2, -0.15) is 0 Å². The van der Waals surface area contributed by atoms with Crippen molar-refractivity contribution < 1.29 is 9.84 Å². The molecule has 2 heteroatoms. The van der Waals surface area contributed by atoms with Crippen LogP contribution in [0.4, 0.5) is 0 Å². The van der Waals surface area contributed by atoms with Crippen LogP contribution in [0.5, 0.6) is 11.5 Å². The van der Waals surface area contributed by atoms with E-state index in [0.29, 0.717) is 35.3 Å². The molecule has 5 unspecified atom stereocenters. The van der Waals surface area contributed by atoms with Crippen molar-refractivity contribution >= 4 is 5.57 Å². The highest BCUT2D eigenvalue weighted by atomic mass is 16.5. The van der Waals surface area contributed by atoms with Crippen molar-refractivity contribution in [2.24, 2.45) is 29.6 Å². The average Bonchev–Trinajstić information content (AvgIpc) is 3.78. The normalized spacial score (nSPS) is 28.3. The molecule has 0 aliphatic heterocycles. The fraction of sp³-hybridized carbons (Fsp3) is 0.268. The first-order valence-electron chi connectivity index (χ1n) is 15.9. The zero-order valence-corrected chi connectivity index (χ0v) is 24.9. The molecule has 0 saturated heterocycles. The standard InChI is InChI=1S/C41H38O2/c1-26(2)27-7-9-28(10-8-27)29-11-20-34(21-12-29)43-35-22-16-32(17-23-35)41(31-14-18-33(42)19-15-31)39-6-4-3-5-36(39)37-24-13-30-25-38(30)40(37)41/h3-7,9-11,13-24,26-27,29-30,38,42H,8,12,25H2,1-2H3. The average molecular weight is 563 g/mol. The van der Waals surface area contributed by atoms with Gasteiger partial charge in [-0.05, 0) is 118 Å². The lowest BCUT2D eigenvalue weighted by atomic mass is 9.65. The van der Waals surface area contributed by atoms with Crippen LogP contribution in [-0.4, -0.2) is 5.11 Å². The molecule has 0 amide bonds. The molecule has 0 heterocycles. The predicted molar refractivity (Wildman–Crippen MR) is 175 cm³/mol. The van der Waals surface area contributed by atoms with Crippen molar-refractivity contribution in [1.82, 2.24) is 0 Å². The Morgan fingerprint density at radius 3 is 2.26 bits per heavy atom. The third kappa shape index (κ3) is 4.30. The van der Waals surface area contributed by atoms with Crippen LogP contribution in [-0.2, 0) is 5.41 Å². The summed E-state index contributed by atoms with van der Waals surface area (Å²) in [6.07, 6.45) is 21.9. The fourth-order valence-corrected chi connectivity index (χ4v) is 7.93. The Morgan fingerprint density at radius 1 is 0.791 bits per heavy atom. The van der Waals surface area contributed by atoms with Gasteiger partial charge in [-0.3, -0.25) is 0 Å². The second-order valence-electron chi connectivity index (χ2n) is 13.2. The van der Waals surface area contributed by atoms with Crippen molar-refractivity contribution in [1.29, 1.82) is 0 Å². The molecule has 214 valence electrons. The highest BCUT2D eigenvalue weighted by molar-refractivity contribution is 5.92. The Morgan fingerprint density at radius 2 is 1.56 bits per heavy atom. The fourth-order valence-electron chi connectivity index (χ4n) is 7.93. The molecular weight excluding hydrogens is 524 g/mol. The molecule has 5 atom stereocenters. The second kappa shape index (κ2) is 10.2.